The van der Waals surface area contributed by atoms with E-state index in [1.807, 2.05) is 12.1 Å². The van der Waals surface area contributed by atoms with E-state index >= 15 is 0 Å². The minimum absolute atomic E-state index is 0.281. The lowest BCUT2D eigenvalue weighted by Crippen LogP contribution is -2.60. The molecule has 1 N–H and O–H groups in total. The first-order valence-corrected chi connectivity index (χ1v) is 8.54. The largest absolute Gasteiger partial charge is 0.311 e. The molecule has 2 aliphatic rings. The molecule has 1 aliphatic heterocycles. The van der Waals surface area contributed by atoms with Crippen LogP contribution in [0.4, 0.5) is 0 Å². The van der Waals surface area contributed by atoms with Crippen LogP contribution in [0.1, 0.15) is 39.2 Å². The monoisotopic (exact) mass is 306 g/mol. The number of nitrogens with one attached hydrogen (secondary N) is 1. The van der Waals surface area contributed by atoms with Gasteiger partial charge in [0.05, 0.1) is 0 Å². The fourth-order valence-corrected chi connectivity index (χ4v) is 3.72. The second kappa shape index (κ2) is 5.91. The van der Waals surface area contributed by atoms with Crippen molar-refractivity contribution in [2.75, 3.05) is 13.1 Å². The van der Waals surface area contributed by atoms with E-state index in [1.54, 1.807) is 0 Å². The Balaban J connectivity index is 1.77. The lowest BCUT2D eigenvalue weighted by atomic mass is 9.83. The van der Waals surface area contributed by atoms with Gasteiger partial charge in [-0.25, -0.2) is 0 Å². The minimum Gasteiger partial charge on any atom is -0.311 e. The second-order valence-electron chi connectivity index (χ2n) is 7.75. The van der Waals surface area contributed by atoms with Gasteiger partial charge in [-0.2, -0.15) is 0 Å². The Kier molecular flexibility index (Phi) is 4.31. The van der Waals surface area contributed by atoms with Crippen molar-refractivity contribution < 1.29 is 0 Å². The smallest absolute Gasteiger partial charge is 0.0451 e. The zero-order valence-corrected chi connectivity index (χ0v) is 14.2. The van der Waals surface area contributed by atoms with Gasteiger partial charge in [0.2, 0.25) is 0 Å². The van der Waals surface area contributed by atoms with Crippen molar-refractivity contribution in [2.24, 2.45) is 11.3 Å². The summed E-state index contributed by atoms with van der Waals surface area (Å²) < 4.78 is 0. The number of rotatable bonds is 3. The molecule has 2 fully saturated rings. The molecule has 2 nitrogen and oxygen atoms in total. The van der Waals surface area contributed by atoms with Gasteiger partial charge in [-0.05, 0) is 35.8 Å². The highest BCUT2D eigenvalue weighted by Crippen LogP contribution is 2.37. The van der Waals surface area contributed by atoms with Crippen LogP contribution in [0.2, 0.25) is 5.02 Å². The Bertz CT molecular complexity index is 490. The van der Waals surface area contributed by atoms with Crippen molar-refractivity contribution in [1.29, 1.82) is 0 Å². The highest BCUT2D eigenvalue weighted by Gasteiger charge is 2.40. The van der Waals surface area contributed by atoms with Crippen molar-refractivity contribution in [3.63, 3.8) is 0 Å². The highest BCUT2D eigenvalue weighted by molar-refractivity contribution is 6.31. The first-order valence-electron chi connectivity index (χ1n) is 8.16. The Labute approximate surface area is 133 Å². The molecule has 0 radical (unpaired) electrons. The number of piperazine rings is 1. The lowest BCUT2D eigenvalue weighted by Gasteiger charge is -2.46. The van der Waals surface area contributed by atoms with Gasteiger partial charge in [0.15, 0.2) is 0 Å². The summed E-state index contributed by atoms with van der Waals surface area (Å²) in [5.41, 5.74) is 1.54. The van der Waals surface area contributed by atoms with Crippen LogP contribution in [0.5, 0.6) is 0 Å². The van der Waals surface area contributed by atoms with Crippen molar-refractivity contribution in [3.8, 4) is 0 Å². The highest BCUT2D eigenvalue weighted by atomic mass is 35.5. The van der Waals surface area contributed by atoms with Crippen LogP contribution in [0, 0.1) is 11.3 Å². The molecule has 1 saturated carbocycles. The van der Waals surface area contributed by atoms with E-state index in [0.29, 0.717) is 12.1 Å². The Hall–Kier alpha value is -0.570. The minimum atomic E-state index is 0.281. The second-order valence-corrected chi connectivity index (χ2v) is 8.16. The number of hydrogen-bond acceptors (Lipinski definition) is 2. The van der Waals surface area contributed by atoms with Crippen LogP contribution in [0.15, 0.2) is 24.3 Å². The summed E-state index contributed by atoms with van der Waals surface area (Å²) in [4.78, 5) is 2.65. The summed E-state index contributed by atoms with van der Waals surface area (Å²) in [6, 6.07) is 9.50. The van der Waals surface area contributed by atoms with Crippen LogP contribution >= 0.6 is 11.6 Å². The number of hydrogen-bond donors (Lipinski definition) is 1. The Morgan fingerprint density at radius 3 is 2.57 bits per heavy atom. The van der Waals surface area contributed by atoms with Gasteiger partial charge in [-0.3, -0.25) is 4.90 Å². The summed E-state index contributed by atoms with van der Waals surface area (Å²) in [7, 11) is 0. The first kappa shape index (κ1) is 15.3. The molecule has 0 spiro atoms. The van der Waals surface area contributed by atoms with E-state index in [1.165, 1.54) is 18.4 Å². The van der Waals surface area contributed by atoms with Gasteiger partial charge in [0.1, 0.15) is 0 Å². The molecular formula is C18H27ClN2. The van der Waals surface area contributed by atoms with E-state index < -0.39 is 0 Å². The quantitative estimate of drug-likeness (QED) is 0.910. The van der Waals surface area contributed by atoms with Gasteiger partial charge in [-0.1, -0.05) is 50.6 Å². The van der Waals surface area contributed by atoms with Crippen molar-refractivity contribution in [3.05, 3.63) is 34.9 Å². The van der Waals surface area contributed by atoms with Crippen molar-refractivity contribution >= 4 is 11.6 Å². The summed E-state index contributed by atoms with van der Waals surface area (Å²) in [5.74, 6) is 0.902. The molecule has 3 rings (SSSR count). The lowest BCUT2D eigenvalue weighted by molar-refractivity contribution is 0.0449. The van der Waals surface area contributed by atoms with Gasteiger partial charge in [-0.15, -0.1) is 0 Å². The predicted octanol–water partition coefficient (Wildman–Crippen LogP) is 3.94. The van der Waals surface area contributed by atoms with Crippen LogP contribution < -0.4 is 5.32 Å². The normalized spacial score (nSPS) is 27.8. The number of benzene rings is 1. The standard InChI is InChI=1S/C18H27ClN2/c1-18(2,3)17-10-20-16(13-8-9-13)12-21(17)11-14-6-4-5-7-15(14)19/h4-7,13,16-17,20H,8-12H2,1-3H3. The van der Waals surface area contributed by atoms with E-state index in [0.717, 1.165) is 30.6 Å². The van der Waals surface area contributed by atoms with Crippen molar-refractivity contribution in [1.82, 2.24) is 10.2 Å². The third-order valence-corrected chi connectivity index (χ3v) is 5.34. The molecule has 1 heterocycles. The van der Waals surface area contributed by atoms with E-state index in [4.69, 9.17) is 11.6 Å². The Morgan fingerprint density at radius 2 is 1.95 bits per heavy atom. The van der Waals surface area contributed by atoms with E-state index in [2.05, 4.69) is 43.1 Å². The molecule has 21 heavy (non-hydrogen) atoms. The molecule has 3 heteroatoms. The van der Waals surface area contributed by atoms with E-state index in [-0.39, 0.29) is 5.41 Å². The van der Waals surface area contributed by atoms with Crippen LogP contribution in [-0.2, 0) is 6.54 Å². The predicted molar refractivity (Wildman–Crippen MR) is 89.6 cm³/mol. The average molecular weight is 307 g/mol. The molecule has 2 atom stereocenters. The molecule has 0 amide bonds. The third-order valence-electron chi connectivity index (χ3n) is 4.97. The number of nitrogens with zero attached hydrogens (tertiary/aromatic N) is 1. The van der Waals surface area contributed by atoms with Gasteiger partial charge < -0.3 is 5.32 Å². The molecule has 116 valence electrons. The maximum Gasteiger partial charge on any atom is 0.0451 e. The first-order chi connectivity index (χ1) is 9.95. The molecule has 1 aromatic rings. The molecule has 0 aromatic heterocycles. The molecule has 1 aliphatic carbocycles. The third kappa shape index (κ3) is 3.61. The van der Waals surface area contributed by atoms with Crippen LogP contribution in [-0.4, -0.2) is 30.1 Å². The summed E-state index contributed by atoms with van der Waals surface area (Å²) >= 11 is 6.37. The summed E-state index contributed by atoms with van der Waals surface area (Å²) in [5, 5.41) is 4.69. The SMILES string of the molecule is CC(C)(C)C1CNC(C2CC2)CN1Cc1ccccc1Cl. The zero-order chi connectivity index (χ0) is 15.0. The van der Waals surface area contributed by atoms with Crippen molar-refractivity contribution in [2.45, 2.75) is 52.2 Å². The topological polar surface area (TPSA) is 15.3 Å². The van der Waals surface area contributed by atoms with Gasteiger partial charge in [0, 0.05) is 36.7 Å². The zero-order valence-electron chi connectivity index (χ0n) is 13.4. The molecule has 1 aromatic carbocycles. The number of halogens is 1. The maximum absolute atomic E-state index is 6.37. The maximum atomic E-state index is 6.37. The fraction of sp³-hybridized carbons (Fsp3) is 0.667. The van der Waals surface area contributed by atoms with Gasteiger partial charge >= 0.3 is 0 Å². The van der Waals surface area contributed by atoms with Crippen LogP contribution in [0.25, 0.3) is 0 Å². The van der Waals surface area contributed by atoms with Gasteiger partial charge in [0.25, 0.3) is 0 Å². The van der Waals surface area contributed by atoms with Crippen LogP contribution in [0.3, 0.4) is 0 Å². The van der Waals surface area contributed by atoms with E-state index in [9.17, 15) is 0 Å². The molecule has 2 unspecified atom stereocenters. The fourth-order valence-electron chi connectivity index (χ4n) is 3.52. The molecular weight excluding hydrogens is 280 g/mol. The Morgan fingerprint density at radius 1 is 1.24 bits per heavy atom. The molecule has 1 saturated heterocycles. The average Bonchev–Trinajstić information content (AvgIpc) is 3.24. The molecule has 0 bridgehead atoms. The summed E-state index contributed by atoms with van der Waals surface area (Å²) in [6.07, 6.45) is 2.80. The summed E-state index contributed by atoms with van der Waals surface area (Å²) in [6.45, 7) is 10.2.